The average molecular weight is 536 g/mol. The molecule has 0 aliphatic heterocycles. The van der Waals surface area contributed by atoms with Crippen LogP contribution in [0.25, 0.3) is 0 Å². The molecule has 9 heteroatoms. The lowest BCUT2D eigenvalue weighted by molar-refractivity contribution is -0.160. The standard InChI is InChI=1S/C29H45NO8/c1-9-11-18(3)24(31)37-22-14-13-21(15-23(22)38-25(32)19(4)12-10-2)17-29(30,26(33)34)16-20(5)36-27(35)28(6,7)8/h13-15,18-20H,9-12,16-17,30H2,1-8H3,(H,33,34)/t18?,19?,20-,29?/m0/s1. The molecule has 1 aromatic carbocycles. The molecular weight excluding hydrogens is 490 g/mol. The largest absolute Gasteiger partial charge is 0.480 e. The van der Waals surface area contributed by atoms with Gasteiger partial charge in [0.1, 0.15) is 11.6 Å². The molecule has 0 aromatic heterocycles. The number of rotatable bonds is 14. The van der Waals surface area contributed by atoms with Gasteiger partial charge in [0.2, 0.25) is 0 Å². The van der Waals surface area contributed by atoms with E-state index >= 15 is 0 Å². The van der Waals surface area contributed by atoms with Crippen molar-refractivity contribution in [3.63, 3.8) is 0 Å². The van der Waals surface area contributed by atoms with Crippen LogP contribution >= 0.6 is 0 Å². The minimum atomic E-state index is -1.78. The highest BCUT2D eigenvalue weighted by atomic mass is 16.6. The molecule has 3 N–H and O–H groups in total. The Labute approximate surface area is 226 Å². The van der Waals surface area contributed by atoms with E-state index in [1.807, 2.05) is 13.8 Å². The first kappa shape index (κ1) is 33.1. The monoisotopic (exact) mass is 535 g/mol. The Balaban J connectivity index is 3.28. The Morgan fingerprint density at radius 2 is 1.39 bits per heavy atom. The number of carbonyl (C=O) groups is 4. The first-order chi connectivity index (χ1) is 17.5. The van der Waals surface area contributed by atoms with Crippen LogP contribution < -0.4 is 15.2 Å². The molecule has 0 aliphatic rings. The lowest BCUT2D eigenvalue weighted by Crippen LogP contribution is -2.52. The molecule has 0 radical (unpaired) electrons. The van der Waals surface area contributed by atoms with Crippen LogP contribution in [0.15, 0.2) is 18.2 Å². The average Bonchev–Trinajstić information content (AvgIpc) is 2.79. The van der Waals surface area contributed by atoms with Gasteiger partial charge in [-0.2, -0.15) is 0 Å². The van der Waals surface area contributed by atoms with Crippen molar-refractivity contribution in [3.8, 4) is 11.5 Å². The quantitative estimate of drug-likeness (QED) is 0.247. The fourth-order valence-corrected chi connectivity index (χ4v) is 3.86. The van der Waals surface area contributed by atoms with E-state index in [-0.39, 0.29) is 36.2 Å². The van der Waals surface area contributed by atoms with E-state index in [1.54, 1.807) is 47.6 Å². The van der Waals surface area contributed by atoms with Gasteiger partial charge in [-0.15, -0.1) is 0 Å². The molecule has 1 rings (SSSR count). The topological polar surface area (TPSA) is 142 Å². The van der Waals surface area contributed by atoms with Gasteiger partial charge in [0.25, 0.3) is 0 Å². The van der Waals surface area contributed by atoms with Crippen molar-refractivity contribution in [3.05, 3.63) is 23.8 Å². The molecule has 4 atom stereocenters. The van der Waals surface area contributed by atoms with Crippen LogP contribution in [-0.2, 0) is 30.3 Å². The van der Waals surface area contributed by atoms with Gasteiger partial charge in [-0.3, -0.25) is 19.2 Å². The summed E-state index contributed by atoms with van der Waals surface area (Å²) in [7, 11) is 0. The molecule has 0 bridgehead atoms. The third-order valence-corrected chi connectivity index (χ3v) is 6.20. The molecule has 1 aromatic rings. The molecule has 0 heterocycles. The van der Waals surface area contributed by atoms with Crippen molar-refractivity contribution in [2.45, 2.75) is 106 Å². The molecule has 0 spiro atoms. The number of hydrogen-bond acceptors (Lipinski definition) is 8. The van der Waals surface area contributed by atoms with Crippen molar-refractivity contribution in [2.75, 3.05) is 0 Å². The van der Waals surface area contributed by atoms with Crippen molar-refractivity contribution in [2.24, 2.45) is 23.0 Å². The number of hydrogen-bond donors (Lipinski definition) is 2. The molecule has 0 saturated carbocycles. The molecule has 214 valence electrons. The highest BCUT2D eigenvalue weighted by Gasteiger charge is 2.38. The van der Waals surface area contributed by atoms with Gasteiger partial charge in [-0.05, 0) is 58.2 Å². The molecule has 0 aliphatic carbocycles. The summed E-state index contributed by atoms with van der Waals surface area (Å²) in [6, 6.07) is 4.53. The predicted molar refractivity (Wildman–Crippen MR) is 144 cm³/mol. The summed E-state index contributed by atoms with van der Waals surface area (Å²) in [5.41, 5.74) is 4.24. The van der Waals surface area contributed by atoms with Crippen LogP contribution in [-0.4, -0.2) is 40.6 Å². The van der Waals surface area contributed by atoms with Gasteiger partial charge in [-0.1, -0.05) is 46.6 Å². The predicted octanol–water partition coefficient (Wildman–Crippen LogP) is 5.06. The minimum Gasteiger partial charge on any atom is -0.480 e. The van der Waals surface area contributed by atoms with E-state index in [1.165, 1.54) is 12.1 Å². The van der Waals surface area contributed by atoms with Crippen LogP contribution in [0, 0.1) is 17.3 Å². The Hall–Kier alpha value is -2.94. The molecule has 0 saturated heterocycles. The summed E-state index contributed by atoms with van der Waals surface area (Å²) >= 11 is 0. The number of nitrogens with two attached hydrogens (primary N) is 1. The molecular formula is C29H45NO8. The van der Waals surface area contributed by atoms with Crippen LogP contribution in [0.3, 0.4) is 0 Å². The van der Waals surface area contributed by atoms with E-state index in [0.717, 1.165) is 12.8 Å². The second kappa shape index (κ2) is 14.3. The zero-order valence-electron chi connectivity index (χ0n) is 24.1. The van der Waals surface area contributed by atoms with Crippen molar-refractivity contribution in [1.29, 1.82) is 0 Å². The fourth-order valence-electron chi connectivity index (χ4n) is 3.86. The fraction of sp³-hybridized carbons (Fsp3) is 0.655. The van der Waals surface area contributed by atoms with Crippen LogP contribution in [0.2, 0.25) is 0 Å². The number of carboxylic acids is 1. The van der Waals surface area contributed by atoms with Gasteiger partial charge in [-0.25, -0.2) is 0 Å². The highest BCUT2D eigenvalue weighted by Crippen LogP contribution is 2.32. The van der Waals surface area contributed by atoms with E-state index in [9.17, 15) is 24.3 Å². The van der Waals surface area contributed by atoms with Gasteiger partial charge in [0.15, 0.2) is 11.5 Å². The summed E-state index contributed by atoms with van der Waals surface area (Å²) in [5.74, 6) is -3.29. The first-order valence-corrected chi connectivity index (χ1v) is 13.3. The third kappa shape index (κ3) is 10.1. The zero-order valence-corrected chi connectivity index (χ0v) is 24.1. The lowest BCUT2D eigenvalue weighted by Gasteiger charge is -2.29. The molecule has 9 nitrogen and oxygen atoms in total. The molecule has 38 heavy (non-hydrogen) atoms. The number of ether oxygens (including phenoxy) is 3. The van der Waals surface area contributed by atoms with Crippen molar-refractivity contribution >= 4 is 23.9 Å². The van der Waals surface area contributed by atoms with E-state index in [4.69, 9.17) is 19.9 Å². The van der Waals surface area contributed by atoms with Gasteiger partial charge < -0.3 is 25.1 Å². The first-order valence-electron chi connectivity index (χ1n) is 13.3. The highest BCUT2D eigenvalue weighted by molar-refractivity contribution is 5.80. The Morgan fingerprint density at radius 3 is 1.84 bits per heavy atom. The number of carbonyl (C=O) groups excluding carboxylic acids is 3. The maximum atomic E-state index is 12.7. The summed E-state index contributed by atoms with van der Waals surface area (Å²) in [6.07, 6.45) is 1.83. The van der Waals surface area contributed by atoms with Crippen molar-refractivity contribution < 1.29 is 38.5 Å². The number of esters is 3. The number of benzene rings is 1. The van der Waals surface area contributed by atoms with Crippen LogP contribution in [0.5, 0.6) is 11.5 Å². The Kier molecular flexibility index (Phi) is 12.4. The third-order valence-electron chi connectivity index (χ3n) is 6.20. The minimum absolute atomic E-state index is 0.0208. The van der Waals surface area contributed by atoms with E-state index in [2.05, 4.69) is 0 Å². The van der Waals surface area contributed by atoms with Gasteiger partial charge in [0, 0.05) is 12.8 Å². The smallest absolute Gasteiger partial charge is 0.324 e. The molecule has 0 fully saturated rings. The van der Waals surface area contributed by atoms with Crippen LogP contribution in [0.1, 0.15) is 93.1 Å². The normalized spacial score (nSPS) is 15.5. The maximum Gasteiger partial charge on any atom is 0.324 e. The summed E-state index contributed by atoms with van der Waals surface area (Å²) in [5, 5.41) is 9.95. The molecule has 3 unspecified atom stereocenters. The molecule has 0 amide bonds. The SMILES string of the molecule is CCCC(C)C(=O)Oc1ccc(CC(N)(C[C@H](C)OC(=O)C(C)(C)C)C(=O)O)cc1OC(=O)C(C)CCC. The second-order valence-electron chi connectivity index (χ2n) is 11.3. The van der Waals surface area contributed by atoms with Gasteiger partial charge in [0.05, 0.1) is 17.3 Å². The maximum absolute atomic E-state index is 12.7. The number of aliphatic carboxylic acids is 1. The summed E-state index contributed by atoms with van der Waals surface area (Å²) in [6.45, 7) is 14.1. The lowest BCUT2D eigenvalue weighted by atomic mass is 9.86. The zero-order chi connectivity index (χ0) is 29.3. The summed E-state index contributed by atoms with van der Waals surface area (Å²) < 4.78 is 16.6. The Bertz CT molecular complexity index is 983. The summed E-state index contributed by atoms with van der Waals surface area (Å²) in [4.78, 5) is 49.7. The van der Waals surface area contributed by atoms with E-state index < -0.39 is 40.9 Å². The van der Waals surface area contributed by atoms with Crippen LogP contribution in [0.4, 0.5) is 0 Å². The Morgan fingerprint density at radius 1 is 0.895 bits per heavy atom. The second-order valence-corrected chi connectivity index (χ2v) is 11.3. The van der Waals surface area contributed by atoms with Crippen molar-refractivity contribution in [1.82, 2.24) is 0 Å². The number of carboxylic acid groups (broad SMARTS) is 1. The van der Waals surface area contributed by atoms with Gasteiger partial charge >= 0.3 is 23.9 Å². The van der Waals surface area contributed by atoms with E-state index in [0.29, 0.717) is 18.4 Å².